The number of amides is 2. The van der Waals surface area contributed by atoms with Gasteiger partial charge in [-0.25, -0.2) is 0 Å². The van der Waals surface area contributed by atoms with Crippen LogP contribution in [0.5, 0.6) is 0 Å². The molecule has 49 heavy (non-hydrogen) atoms. The van der Waals surface area contributed by atoms with E-state index in [0.717, 1.165) is 45.5 Å². The second kappa shape index (κ2) is 29.9. The fourth-order valence-corrected chi connectivity index (χ4v) is 5.54. The van der Waals surface area contributed by atoms with Crippen molar-refractivity contribution in [1.82, 2.24) is 30.2 Å². The van der Waals surface area contributed by atoms with Crippen LogP contribution in [0.4, 0.5) is 0 Å². The molecule has 1 saturated carbocycles. The van der Waals surface area contributed by atoms with Crippen molar-refractivity contribution in [3.63, 3.8) is 0 Å². The minimum absolute atomic E-state index is 0.107. The van der Waals surface area contributed by atoms with Crippen molar-refractivity contribution in [2.24, 2.45) is 11.8 Å². The third-order valence-electron chi connectivity index (χ3n) is 8.34. The molecule has 0 spiro atoms. The lowest BCUT2D eigenvalue weighted by atomic mass is 9.89. The lowest BCUT2D eigenvalue weighted by Crippen LogP contribution is -2.49. The zero-order valence-corrected chi connectivity index (χ0v) is 30.2. The summed E-state index contributed by atoms with van der Waals surface area (Å²) < 4.78 is 0. The molecule has 0 aromatic rings. The van der Waals surface area contributed by atoms with Crippen LogP contribution in [0.1, 0.15) is 71.6 Å². The Hall–Kier alpha value is -2.98. The zero-order chi connectivity index (χ0) is 36.9. The number of nitrogens with zero attached hydrogens (tertiary/aromatic N) is 4. The van der Waals surface area contributed by atoms with Gasteiger partial charge in [0.15, 0.2) is 0 Å². The van der Waals surface area contributed by atoms with E-state index in [2.05, 4.69) is 10.6 Å². The van der Waals surface area contributed by atoms with E-state index in [4.69, 9.17) is 5.11 Å². The highest BCUT2D eigenvalue weighted by Gasteiger charge is 2.20. The van der Waals surface area contributed by atoms with Crippen LogP contribution in [0.15, 0.2) is 0 Å². The SMILES string of the molecule is CC(C)C=O.CO.O=CCN1CCN(CC(=O)O)CCN(CC(=O)O)CCN(CC(=O)NCCCCCC(=O)NCC2CCCCC2)CC1. The third kappa shape index (κ3) is 26.5. The summed E-state index contributed by atoms with van der Waals surface area (Å²) in [7, 11) is 1.00. The molecule has 1 aliphatic heterocycles. The van der Waals surface area contributed by atoms with E-state index in [1.165, 1.54) is 32.1 Å². The smallest absolute Gasteiger partial charge is 0.317 e. The molecule has 15 nitrogen and oxygen atoms in total. The number of hydrogen-bond donors (Lipinski definition) is 5. The molecule has 0 radical (unpaired) electrons. The molecule has 0 atom stereocenters. The molecule has 2 rings (SSSR count). The Morgan fingerprint density at radius 1 is 0.673 bits per heavy atom. The van der Waals surface area contributed by atoms with Gasteiger partial charge in [0.1, 0.15) is 12.6 Å². The van der Waals surface area contributed by atoms with Crippen molar-refractivity contribution in [3.8, 4) is 0 Å². The van der Waals surface area contributed by atoms with Crippen molar-refractivity contribution in [2.45, 2.75) is 71.6 Å². The standard InChI is InChI=1S/C29H52N6O7.C4H8O.CH4O/c36-20-19-32-11-13-33(15-16-35(24-29(41)42)18-17-34(14-12-32)23-28(39)40)22-27(38)30-10-6-2-5-9-26(37)31-21-25-7-3-1-4-8-25;1-4(2)3-5;1-2/h20,25H,1-19,21-24H2,(H,30,38)(H,31,37)(H,39,40)(H,41,42);3-4H,1-2H3;2H,1H3. The first-order valence-corrected chi connectivity index (χ1v) is 17.7. The summed E-state index contributed by atoms with van der Waals surface area (Å²) in [6.07, 6.45) is 10.9. The van der Waals surface area contributed by atoms with E-state index >= 15 is 0 Å². The van der Waals surface area contributed by atoms with Crippen LogP contribution in [0.25, 0.3) is 0 Å². The van der Waals surface area contributed by atoms with Gasteiger partial charge in [-0.15, -0.1) is 0 Å². The van der Waals surface area contributed by atoms with Gasteiger partial charge in [-0.05, 0) is 31.6 Å². The highest BCUT2D eigenvalue weighted by molar-refractivity contribution is 5.78. The normalized spacial score (nSPS) is 17.6. The van der Waals surface area contributed by atoms with E-state index in [1.807, 2.05) is 23.6 Å². The van der Waals surface area contributed by atoms with Crippen molar-refractivity contribution < 1.29 is 44.1 Å². The van der Waals surface area contributed by atoms with Gasteiger partial charge < -0.3 is 35.5 Å². The summed E-state index contributed by atoms with van der Waals surface area (Å²) in [6.45, 7) is 8.67. The summed E-state index contributed by atoms with van der Waals surface area (Å²) >= 11 is 0. The maximum atomic E-state index is 12.7. The lowest BCUT2D eigenvalue weighted by Gasteiger charge is -2.32. The number of carboxylic acids is 2. The molecule has 0 unspecified atom stereocenters. The summed E-state index contributed by atoms with van der Waals surface area (Å²) in [5.74, 6) is -1.11. The molecule has 1 aliphatic carbocycles. The van der Waals surface area contributed by atoms with Crippen LogP contribution in [-0.2, 0) is 28.8 Å². The maximum absolute atomic E-state index is 12.7. The first-order valence-electron chi connectivity index (χ1n) is 17.7. The number of aliphatic hydroxyl groups excluding tert-OH is 1. The van der Waals surface area contributed by atoms with Crippen LogP contribution in [0.3, 0.4) is 0 Å². The molecule has 2 aliphatic rings. The van der Waals surface area contributed by atoms with Gasteiger partial charge in [0, 0.05) is 84.9 Å². The topological polar surface area (TPSA) is 200 Å². The summed E-state index contributed by atoms with van der Waals surface area (Å²) in [4.78, 5) is 75.7. The molecular formula is C34H64N6O9. The minimum Gasteiger partial charge on any atom is -0.480 e. The number of nitrogens with one attached hydrogen (secondary N) is 2. The fourth-order valence-electron chi connectivity index (χ4n) is 5.54. The number of aldehydes is 2. The molecule has 0 aromatic carbocycles. The first kappa shape index (κ1) is 46.0. The maximum Gasteiger partial charge on any atom is 0.317 e. The largest absolute Gasteiger partial charge is 0.480 e. The monoisotopic (exact) mass is 700 g/mol. The number of unbranched alkanes of at least 4 members (excludes halogenated alkanes) is 2. The predicted molar refractivity (Wildman–Crippen MR) is 187 cm³/mol. The quantitative estimate of drug-likeness (QED) is 0.103. The second-order valence-corrected chi connectivity index (χ2v) is 12.9. The van der Waals surface area contributed by atoms with Gasteiger partial charge in [-0.3, -0.25) is 38.8 Å². The number of carbonyl (C=O) groups is 6. The second-order valence-electron chi connectivity index (χ2n) is 12.9. The highest BCUT2D eigenvalue weighted by Crippen LogP contribution is 2.22. The average molecular weight is 701 g/mol. The summed E-state index contributed by atoms with van der Waals surface area (Å²) in [5, 5.41) is 31.6. The van der Waals surface area contributed by atoms with Crippen molar-refractivity contribution >= 4 is 36.3 Å². The molecule has 15 heteroatoms. The Balaban J connectivity index is 0.00000300. The highest BCUT2D eigenvalue weighted by atomic mass is 16.4. The van der Waals surface area contributed by atoms with E-state index in [-0.39, 0.29) is 43.9 Å². The van der Waals surface area contributed by atoms with E-state index in [1.54, 1.807) is 9.80 Å². The molecule has 2 amide bonds. The van der Waals surface area contributed by atoms with E-state index < -0.39 is 11.9 Å². The predicted octanol–water partition coefficient (Wildman–Crippen LogP) is 0.399. The first-order chi connectivity index (χ1) is 23.5. The molecule has 5 N–H and O–H groups in total. The van der Waals surface area contributed by atoms with Crippen LogP contribution >= 0.6 is 0 Å². The number of rotatable bonds is 17. The number of aliphatic carboxylic acids is 2. The van der Waals surface area contributed by atoms with Crippen LogP contribution < -0.4 is 10.6 Å². The average Bonchev–Trinajstić information content (AvgIpc) is 3.07. The molecule has 0 bridgehead atoms. The van der Waals surface area contributed by atoms with Crippen molar-refractivity contribution in [3.05, 3.63) is 0 Å². The Bertz CT molecular complexity index is 934. The molecular weight excluding hydrogens is 636 g/mol. The number of carboxylic acid groups (broad SMARTS) is 2. The van der Waals surface area contributed by atoms with Crippen LogP contribution in [0.2, 0.25) is 0 Å². The van der Waals surface area contributed by atoms with Crippen molar-refractivity contribution in [1.29, 1.82) is 0 Å². The van der Waals surface area contributed by atoms with E-state index in [9.17, 15) is 39.0 Å². The minimum atomic E-state index is -0.963. The Morgan fingerprint density at radius 3 is 1.59 bits per heavy atom. The van der Waals surface area contributed by atoms with Gasteiger partial charge in [0.2, 0.25) is 11.8 Å². The molecule has 1 heterocycles. The zero-order valence-electron chi connectivity index (χ0n) is 30.2. The molecule has 284 valence electrons. The number of carbonyl (C=O) groups excluding carboxylic acids is 4. The van der Waals surface area contributed by atoms with Gasteiger partial charge in [0.25, 0.3) is 0 Å². The van der Waals surface area contributed by atoms with Crippen LogP contribution in [-0.4, -0.2) is 170 Å². The number of aliphatic hydroxyl groups is 1. The summed E-state index contributed by atoms with van der Waals surface area (Å²) in [5.41, 5.74) is 0. The third-order valence-corrected chi connectivity index (χ3v) is 8.34. The molecule has 2 fully saturated rings. The van der Waals surface area contributed by atoms with Gasteiger partial charge >= 0.3 is 11.9 Å². The van der Waals surface area contributed by atoms with Gasteiger partial charge in [-0.1, -0.05) is 39.5 Å². The Kier molecular flexibility index (Phi) is 28.1. The van der Waals surface area contributed by atoms with Gasteiger partial charge in [-0.2, -0.15) is 0 Å². The lowest BCUT2D eigenvalue weighted by molar-refractivity contribution is -0.140. The Morgan fingerprint density at radius 2 is 1.14 bits per heavy atom. The Labute approximate surface area is 292 Å². The molecule has 1 saturated heterocycles. The van der Waals surface area contributed by atoms with Crippen LogP contribution in [0, 0.1) is 11.8 Å². The van der Waals surface area contributed by atoms with Gasteiger partial charge in [0.05, 0.1) is 26.2 Å². The van der Waals surface area contributed by atoms with E-state index in [0.29, 0.717) is 71.2 Å². The molecule has 0 aromatic heterocycles. The number of hydrogen-bond acceptors (Lipinski definition) is 11. The summed E-state index contributed by atoms with van der Waals surface area (Å²) in [6, 6.07) is 0. The van der Waals surface area contributed by atoms with Crippen molar-refractivity contribution in [2.75, 3.05) is 98.7 Å². The fraction of sp³-hybridized carbons (Fsp3) is 0.824.